The molecule has 0 unspecified atom stereocenters. The number of halogens is 3. The molecule has 2 aromatic rings. The normalized spacial score (nSPS) is 12.1. The van der Waals surface area contributed by atoms with Crippen molar-refractivity contribution in [3.05, 3.63) is 35.4 Å². The van der Waals surface area contributed by atoms with E-state index in [-0.39, 0.29) is 0 Å². The van der Waals surface area contributed by atoms with Crippen LogP contribution in [-0.2, 0) is 32.9 Å². The molecule has 0 spiro atoms. The second-order valence-corrected chi connectivity index (χ2v) is 4.38. The van der Waals surface area contributed by atoms with Gasteiger partial charge >= 0.3 is 6.18 Å². The zero-order chi connectivity index (χ0) is 14.8. The van der Waals surface area contributed by atoms with Crippen molar-refractivity contribution in [3.8, 4) is 0 Å². The number of alkyl halides is 3. The van der Waals surface area contributed by atoms with Crippen molar-refractivity contribution in [2.24, 2.45) is 7.05 Å². The minimum atomic E-state index is -4.41. The van der Waals surface area contributed by atoms with Crippen molar-refractivity contribution in [2.45, 2.75) is 32.7 Å². The van der Waals surface area contributed by atoms with Crippen molar-refractivity contribution < 1.29 is 13.2 Å². The van der Waals surface area contributed by atoms with Crippen LogP contribution in [0.15, 0.2) is 18.3 Å². The molecule has 0 aromatic carbocycles. The van der Waals surface area contributed by atoms with E-state index in [1.165, 1.54) is 4.68 Å². The van der Waals surface area contributed by atoms with E-state index >= 15 is 0 Å². The van der Waals surface area contributed by atoms with E-state index in [4.69, 9.17) is 0 Å². The van der Waals surface area contributed by atoms with E-state index in [0.717, 1.165) is 11.8 Å². The van der Waals surface area contributed by atoms with Gasteiger partial charge < -0.3 is 5.32 Å². The summed E-state index contributed by atoms with van der Waals surface area (Å²) in [5.74, 6) is 0. The number of hydrogen-bond donors (Lipinski definition) is 1. The molecule has 0 aliphatic rings. The van der Waals surface area contributed by atoms with Gasteiger partial charge in [-0.3, -0.25) is 9.36 Å². The van der Waals surface area contributed by atoms with Gasteiger partial charge in [0.05, 0.1) is 11.4 Å². The Morgan fingerprint density at radius 1 is 1.25 bits per heavy atom. The first-order chi connectivity index (χ1) is 9.41. The second-order valence-electron chi connectivity index (χ2n) is 4.38. The summed E-state index contributed by atoms with van der Waals surface area (Å²) in [6, 6.07) is 2.94. The van der Waals surface area contributed by atoms with E-state index in [1.54, 1.807) is 17.8 Å². The highest BCUT2D eigenvalue weighted by Gasteiger charge is 2.34. The largest absolute Gasteiger partial charge is 0.435 e. The lowest BCUT2D eigenvalue weighted by Gasteiger charge is -2.06. The molecule has 0 saturated heterocycles. The first-order valence-electron chi connectivity index (χ1n) is 6.23. The fourth-order valence-corrected chi connectivity index (χ4v) is 1.90. The average Bonchev–Trinajstić information content (AvgIpc) is 2.96. The van der Waals surface area contributed by atoms with Gasteiger partial charge in [-0.15, -0.1) is 0 Å². The highest BCUT2D eigenvalue weighted by Crippen LogP contribution is 2.28. The number of nitrogens with zero attached hydrogens (tertiary/aromatic N) is 4. The number of nitrogens with one attached hydrogen (secondary N) is 1. The standard InChI is InChI=1S/C12H16F3N5/c1-3-20-10(6-11(18-20)12(13,14)15)8-16-7-9-4-5-17-19(9)2/h4-6,16H,3,7-8H2,1-2H3. The van der Waals surface area contributed by atoms with Crippen LogP contribution in [0.2, 0.25) is 0 Å². The first-order valence-corrected chi connectivity index (χ1v) is 6.23. The van der Waals surface area contributed by atoms with Crippen LogP contribution in [0.25, 0.3) is 0 Å². The molecule has 0 amide bonds. The van der Waals surface area contributed by atoms with Crippen molar-refractivity contribution in [2.75, 3.05) is 0 Å². The molecular formula is C12H16F3N5. The SMILES string of the molecule is CCn1nc(C(F)(F)F)cc1CNCc1ccnn1C. The molecular weight excluding hydrogens is 271 g/mol. The van der Waals surface area contributed by atoms with Crippen LogP contribution in [0.5, 0.6) is 0 Å². The summed E-state index contributed by atoms with van der Waals surface area (Å²) in [6.07, 6.45) is -2.73. The Morgan fingerprint density at radius 2 is 1.95 bits per heavy atom. The molecule has 5 nitrogen and oxygen atoms in total. The number of hydrogen-bond acceptors (Lipinski definition) is 3. The zero-order valence-electron chi connectivity index (χ0n) is 11.3. The maximum Gasteiger partial charge on any atom is 0.435 e. The van der Waals surface area contributed by atoms with Gasteiger partial charge in [0.25, 0.3) is 0 Å². The van der Waals surface area contributed by atoms with Gasteiger partial charge in [-0.2, -0.15) is 23.4 Å². The molecule has 0 aliphatic heterocycles. The summed E-state index contributed by atoms with van der Waals surface area (Å²) in [6.45, 7) is 3.02. The summed E-state index contributed by atoms with van der Waals surface area (Å²) in [5.41, 5.74) is 0.627. The van der Waals surface area contributed by atoms with Crippen molar-refractivity contribution in [1.29, 1.82) is 0 Å². The van der Waals surface area contributed by atoms with Crippen LogP contribution in [-0.4, -0.2) is 19.6 Å². The van der Waals surface area contributed by atoms with E-state index in [1.807, 2.05) is 13.1 Å². The molecule has 0 atom stereocenters. The minimum Gasteiger partial charge on any atom is -0.306 e. The van der Waals surface area contributed by atoms with E-state index < -0.39 is 11.9 Å². The lowest BCUT2D eigenvalue weighted by molar-refractivity contribution is -0.141. The lowest BCUT2D eigenvalue weighted by Crippen LogP contribution is -2.17. The summed E-state index contributed by atoms with van der Waals surface area (Å²) >= 11 is 0. The molecule has 8 heteroatoms. The van der Waals surface area contributed by atoms with Gasteiger partial charge in [0.2, 0.25) is 0 Å². The Morgan fingerprint density at radius 3 is 2.50 bits per heavy atom. The Bertz CT molecular complexity index is 570. The third-order valence-electron chi connectivity index (χ3n) is 2.99. The van der Waals surface area contributed by atoms with E-state index in [9.17, 15) is 13.2 Å². The topological polar surface area (TPSA) is 47.7 Å². The summed E-state index contributed by atoms with van der Waals surface area (Å²) < 4.78 is 40.9. The van der Waals surface area contributed by atoms with E-state index in [2.05, 4.69) is 15.5 Å². The van der Waals surface area contributed by atoms with Gasteiger partial charge in [-0.1, -0.05) is 0 Å². The first kappa shape index (κ1) is 14.6. The quantitative estimate of drug-likeness (QED) is 0.914. The van der Waals surface area contributed by atoms with Gasteiger partial charge in [0.15, 0.2) is 5.69 Å². The predicted octanol–water partition coefficient (Wildman–Crippen LogP) is 1.95. The molecule has 2 aromatic heterocycles. The number of aryl methyl sites for hydroxylation is 2. The zero-order valence-corrected chi connectivity index (χ0v) is 11.3. The fourth-order valence-electron chi connectivity index (χ4n) is 1.90. The third-order valence-corrected chi connectivity index (χ3v) is 2.99. The lowest BCUT2D eigenvalue weighted by atomic mass is 10.3. The monoisotopic (exact) mass is 287 g/mol. The molecule has 2 heterocycles. The molecule has 0 aliphatic carbocycles. The maximum atomic E-state index is 12.6. The molecule has 0 radical (unpaired) electrons. The van der Waals surface area contributed by atoms with Gasteiger partial charge in [-0.05, 0) is 19.1 Å². The predicted molar refractivity (Wildman–Crippen MR) is 66.7 cm³/mol. The van der Waals surface area contributed by atoms with Crippen LogP contribution in [0.4, 0.5) is 13.2 Å². The van der Waals surface area contributed by atoms with E-state index in [0.29, 0.717) is 25.3 Å². The van der Waals surface area contributed by atoms with Crippen molar-refractivity contribution >= 4 is 0 Å². The van der Waals surface area contributed by atoms with Crippen LogP contribution in [0.1, 0.15) is 24.0 Å². The fraction of sp³-hybridized carbons (Fsp3) is 0.500. The smallest absolute Gasteiger partial charge is 0.306 e. The Labute approximate surface area is 114 Å². The Balaban J connectivity index is 2.02. The van der Waals surface area contributed by atoms with Gasteiger partial charge in [-0.25, -0.2) is 0 Å². The van der Waals surface area contributed by atoms with Crippen LogP contribution >= 0.6 is 0 Å². The highest BCUT2D eigenvalue weighted by molar-refractivity contribution is 5.13. The Hall–Kier alpha value is -1.83. The Kier molecular flexibility index (Phi) is 4.12. The summed E-state index contributed by atoms with van der Waals surface area (Å²) in [7, 11) is 1.81. The van der Waals surface area contributed by atoms with Crippen molar-refractivity contribution in [3.63, 3.8) is 0 Å². The molecule has 20 heavy (non-hydrogen) atoms. The molecule has 0 bridgehead atoms. The summed E-state index contributed by atoms with van der Waals surface area (Å²) in [4.78, 5) is 0. The van der Waals surface area contributed by atoms with Crippen LogP contribution < -0.4 is 5.32 Å². The van der Waals surface area contributed by atoms with Gasteiger partial charge in [0.1, 0.15) is 0 Å². The summed E-state index contributed by atoms with van der Waals surface area (Å²) in [5, 5.41) is 10.7. The molecule has 2 rings (SSSR count). The van der Waals surface area contributed by atoms with Crippen LogP contribution in [0.3, 0.4) is 0 Å². The minimum absolute atomic E-state index is 0.322. The molecule has 110 valence electrons. The molecule has 0 fully saturated rings. The number of rotatable bonds is 5. The average molecular weight is 287 g/mol. The van der Waals surface area contributed by atoms with Crippen molar-refractivity contribution in [1.82, 2.24) is 24.9 Å². The molecule has 1 N–H and O–H groups in total. The van der Waals surface area contributed by atoms with Crippen LogP contribution in [0, 0.1) is 0 Å². The highest BCUT2D eigenvalue weighted by atomic mass is 19.4. The maximum absolute atomic E-state index is 12.6. The third kappa shape index (κ3) is 3.19. The number of aromatic nitrogens is 4. The van der Waals surface area contributed by atoms with Gasteiger partial charge in [0, 0.05) is 32.9 Å². The molecule has 0 saturated carbocycles. The second kappa shape index (κ2) is 5.66.